The van der Waals surface area contributed by atoms with Crippen molar-refractivity contribution in [2.45, 2.75) is 50.6 Å². The van der Waals surface area contributed by atoms with Crippen LogP contribution in [0.1, 0.15) is 39.4 Å². The molecule has 0 atom stereocenters. The minimum absolute atomic E-state index is 0.0742. The van der Waals surface area contributed by atoms with Gasteiger partial charge in [0.2, 0.25) is 0 Å². The van der Waals surface area contributed by atoms with Gasteiger partial charge in [0.15, 0.2) is 5.65 Å². The summed E-state index contributed by atoms with van der Waals surface area (Å²) in [7, 11) is 0. The van der Waals surface area contributed by atoms with Crippen molar-refractivity contribution < 1.29 is 0 Å². The molecular formula is C14H20N4OS. The molecule has 3 rings (SSSR count). The molecule has 0 aromatic carbocycles. The van der Waals surface area contributed by atoms with Gasteiger partial charge in [0.25, 0.3) is 0 Å². The number of nitrogens with one attached hydrogen (secondary N) is 1. The number of H-pyrrole nitrogens is 1. The van der Waals surface area contributed by atoms with Crippen LogP contribution in [0.3, 0.4) is 0 Å². The van der Waals surface area contributed by atoms with Gasteiger partial charge in [-0.2, -0.15) is 4.98 Å². The average Bonchev–Trinajstić information content (AvgIpc) is 3.06. The summed E-state index contributed by atoms with van der Waals surface area (Å²) in [5.41, 5.74) is 1.39. The molecule has 1 fully saturated rings. The van der Waals surface area contributed by atoms with Crippen LogP contribution < -0.4 is 5.69 Å². The van der Waals surface area contributed by atoms with Crippen LogP contribution in [0.4, 0.5) is 0 Å². The van der Waals surface area contributed by atoms with Gasteiger partial charge in [-0.1, -0.05) is 20.8 Å². The third-order valence-electron chi connectivity index (χ3n) is 3.62. The van der Waals surface area contributed by atoms with Crippen molar-refractivity contribution >= 4 is 22.9 Å². The molecule has 1 aliphatic carbocycles. The van der Waals surface area contributed by atoms with Crippen molar-refractivity contribution in [3.8, 4) is 0 Å². The largest absolute Gasteiger partial charge is 0.350 e. The van der Waals surface area contributed by atoms with Crippen LogP contribution in [0.5, 0.6) is 0 Å². The standard InChI is InChI=1S/C14H20N4OS/c1-14(2,3)12-15-9-10(16-12)18(7-8-5-6-8)13(19)17-11(9)20-4/h8H,5-7H2,1-4H3,(H,15,16). The van der Waals surface area contributed by atoms with Gasteiger partial charge >= 0.3 is 5.69 Å². The molecule has 20 heavy (non-hydrogen) atoms. The smallest absolute Gasteiger partial charge is 0.338 e. The second-order valence-electron chi connectivity index (χ2n) is 6.49. The van der Waals surface area contributed by atoms with Gasteiger partial charge in [0.1, 0.15) is 16.4 Å². The molecule has 0 aliphatic heterocycles. The van der Waals surface area contributed by atoms with Gasteiger partial charge in [-0.25, -0.2) is 9.78 Å². The molecule has 1 N–H and O–H groups in total. The van der Waals surface area contributed by atoms with E-state index in [1.807, 2.05) is 6.26 Å². The third-order valence-corrected chi connectivity index (χ3v) is 4.31. The maximum atomic E-state index is 12.2. The lowest BCUT2D eigenvalue weighted by atomic mass is 9.96. The molecule has 1 saturated carbocycles. The van der Waals surface area contributed by atoms with Crippen molar-refractivity contribution in [2.24, 2.45) is 5.92 Å². The van der Waals surface area contributed by atoms with E-state index < -0.39 is 0 Å². The highest BCUT2D eigenvalue weighted by Gasteiger charge is 2.26. The molecule has 0 amide bonds. The minimum Gasteiger partial charge on any atom is -0.338 e. The van der Waals surface area contributed by atoms with Crippen LogP contribution >= 0.6 is 11.8 Å². The fourth-order valence-corrected chi connectivity index (χ4v) is 2.74. The summed E-state index contributed by atoms with van der Waals surface area (Å²) in [6.07, 6.45) is 4.34. The summed E-state index contributed by atoms with van der Waals surface area (Å²) in [6, 6.07) is 0. The molecule has 2 aromatic rings. The monoisotopic (exact) mass is 292 g/mol. The fourth-order valence-electron chi connectivity index (χ4n) is 2.23. The summed E-state index contributed by atoms with van der Waals surface area (Å²) >= 11 is 1.48. The Kier molecular flexibility index (Phi) is 3.16. The Labute approximate surface area is 122 Å². The van der Waals surface area contributed by atoms with E-state index in [9.17, 15) is 4.79 Å². The number of hydrogen-bond donors (Lipinski definition) is 1. The van der Waals surface area contributed by atoms with Crippen molar-refractivity contribution in [3.63, 3.8) is 0 Å². The first-order valence-corrected chi connectivity index (χ1v) is 8.17. The van der Waals surface area contributed by atoms with Gasteiger partial charge in [-0.3, -0.25) is 4.57 Å². The van der Waals surface area contributed by atoms with Crippen molar-refractivity contribution in [3.05, 3.63) is 16.3 Å². The summed E-state index contributed by atoms with van der Waals surface area (Å²) in [5.74, 6) is 1.52. The average molecular weight is 292 g/mol. The molecule has 0 spiro atoms. The van der Waals surface area contributed by atoms with E-state index in [4.69, 9.17) is 0 Å². The number of imidazole rings is 1. The van der Waals surface area contributed by atoms with Crippen LogP contribution in [0.15, 0.2) is 9.82 Å². The van der Waals surface area contributed by atoms with Crippen LogP contribution in [0, 0.1) is 5.92 Å². The van der Waals surface area contributed by atoms with Gasteiger partial charge in [0.05, 0.1) is 0 Å². The van der Waals surface area contributed by atoms with Crippen molar-refractivity contribution in [2.75, 3.05) is 6.26 Å². The molecule has 2 heterocycles. The summed E-state index contributed by atoms with van der Waals surface area (Å²) < 4.78 is 1.73. The molecule has 108 valence electrons. The molecule has 0 unspecified atom stereocenters. The number of thioether (sulfide) groups is 1. The topological polar surface area (TPSA) is 63.6 Å². The molecule has 0 radical (unpaired) electrons. The van der Waals surface area contributed by atoms with Crippen LogP contribution in [-0.4, -0.2) is 25.8 Å². The van der Waals surface area contributed by atoms with Gasteiger partial charge in [-0.05, 0) is 25.0 Å². The Hall–Kier alpha value is -1.30. The van der Waals surface area contributed by atoms with Crippen molar-refractivity contribution in [1.29, 1.82) is 0 Å². The van der Waals surface area contributed by atoms with Crippen LogP contribution in [0.25, 0.3) is 11.2 Å². The summed E-state index contributed by atoms with van der Waals surface area (Å²) in [5, 5.41) is 0.736. The molecule has 1 aliphatic rings. The van der Waals surface area contributed by atoms with Crippen LogP contribution in [0.2, 0.25) is 0 Å². The molecule has 0 bridgehead atoms. The van der Waals surface area contributed by atoms with E-state index in [0.717, 1.165) is 28.6 Å². The SMILES string of the molecule is CSc1nc(=O)n(CC2CC2)c2nc(C(C)(C)C)[nH]c12. The quantitative estimate of drug-likeness (QED) is 0.697. The second-order valence-corrected chi connectivity index (χ2v) is 7.29. The normalized spacial score (nSPS) is 16.0. The zero-order chi connectivity index (χ0) is 14.5. The number of fused-ring (bicyclic) bond motifs is 1. The summed E-state index contributed by atoms with van der Waals surface area (Å²) in [6.45, 7) is 7.08. The zero-order valence-corrected chi connectivity index (χ0v) is 13.2. The Morgan fingerprint density at radius 1 is 1.35 bits per heavy atom. The molecular weight excluding hydrogens is 272 g/mol. The number of hydrogen-bond acceptors (Lipinski definition) is 4. The van der Waals surface area contributed by atoms with Gasteiger partial charge in [0, 0.05) is 12.0 Å². The first-order valence-electron chi connectivity index (χ1n) is 6.95. The Morgan fingerprint density at radius 3 is 2.60 bits per heavy atom. The molecule has 2 aromatic heterocycles. The predicted octanol–water partition coefficient (Wildman–Crippen LogP) is 2.55. The Bertz CT molecular complexity index is 706. The fraction of sp³-hybridized carbons (Fsp3) is 0.643. The van der Waals surface area contributed by atoms with E-state index in [0.29, 0.717) is 5.92 Å². The molecule has 5 nitrogen and oxygen atoms in total. The number of aromatic amines is 1. The highest BCUT2D eigenvalue weighted by atomic mass is 32.2. The second kappa shape index (κ2) is 4.62. The van der Waals surface area contributed by atoms with Crippen molar-refractivity contribution in [1.82, 2.24) is 19.5 Å². The Balaban J connectivity index is 2.24. The first-order chi connectivity index (χ1) is 9.40. The molecule has 6 heteroatoms. The van der Waals surface area contributed by atoms with E-state index in [-0.39, 0.29) is 11.1 Å². The van der Waals surface area contributed by atoms with Crippen LogP contribution in [-0.2, 0) is 12.0 Å². The number of aromatic nitrogens is 4. The minimum atomic E-state index is -0.180. The highest BCUT2D eigenvalue weighted by molar-refractivity contribution is 7.98. The maximum absolute atomic E-state index is 12.2. The van der Waals surface area contributed by atoms with Gasteiger partial charge < -0.3 is 4.98 Å². The highest BCUT2D eigenvalue weighted by Crippen LogP contribution is 2.32. The molecule has 0 saturated heterocycles. The maximum Gasteiger partial charge on any atom is 0.350 e. The Morgan fingerprint density at radius 2 is 2.05 bits per heavy atom. The first kappa shape index (κ1) is 13.7. The lowest BCUT2D eigenvalue weighted by molar-refractivity contribution is 0.552. The van der Waals surface area contributed by atoms with E-state index >= 15 is 0 Å². The number of rotatable bonds is 3. The van der Waals surface area contributed by atoms with E-state index in [1.54, 1.807) is 4.57 Å². The zero-order valence-electron chi connectivity index (χ0n) is 12.4. The predicted molar refractivity (Wildman–Crippen MR) is 81.4 cm³/mol. The lowest BCUT2D eigenvalue weighted by Crippen LogP contribution is -2.25. The van der Waals surface area contributed by atoms with Gasteiger partial charge in [-0.15, -0.1) is 11.8 Å². The van der Waals surface area contributed by atoms with E-state index in [1.165, 1.54) is 24.6 Å². The lowest BCUT2D eigenvalue weighted by Gasteiger charge is -2.13. The van der Waals surface area contributed by atoms with E-state index in [2.05, 4.69) is 35.7 Å². The third kappa shape index (κ3) is 2.37. The number of nitrogens with zero attached hydrogens (tertiary/aromatic N) is 3. The summed E-state index contributed by atoms with van der Waals surface area (Å²) in [4.78, 5) is 24.5.